The third-order valence-electron chi connectivity index (χ3n) is 6.76. The number of halogens is 4. The molecule has 0 unspecified atom stereocenters. The second-order valence-electron chi connectivity index (χ2n) is 8.88. The van der Waals surface area contributed by atoms with Crippen molar-refractivity contribution < 1.29 is 0 Å². The molecular formula is C27H34Br4. The van der Waals surface area contributed by atoms with Crippen LogP contribution in [0.25, 0.3) is 11.1 Å². The molecular weight excluding hydrogens is 644 g/mol. The summed E-state index contributed by atoms with van der Waals surface area (Å²) in [6.45, 7) is 0. The second-order valence-corrected chi connectivity index (χ2v) is 12.3. The molecule has 1 aliphatic carbocycles. The topological polar surface area (TPSA) is 0 Å². The van der Waals surface area contributed by atoms with E-state index in [9.17, 15) is 0 Å². The minimum absolute atomic E-state index is 0.156. The van der Waals surface area contributed by atoms with Crippen LogP contribution in [0, 0.1) is 0 Å². The zero-order valence-corrected chi connectivity index (χ0v) is 24.7. The summed E-state index contributed by atoms with van der Waals surface area (Å²) in [4.78, 5) is 0. The molecule has 0 N–H and O–H groups in total. The smallest absolute Gasteiger partial charge is 0.0216 e. The number of fused-ring (bicyclic) bond motifs is 3. The van der Waals surface area contributed by atoms with Crippen molar-refractivity contribution in [3.05, 3.63) is 56.5 Å². The number of alkyl halides is 2. The Bertz CT molecular complexity index is 760. The molecule has 1 aliphatic rings. The van der Waals surface area contributed by atoms with E-state index < -0.39 is 0 Å². The molecule has 0 amide bonds. The fraction of sp³-hybridized carbons (Fsp3) is 0.556. The largest absolute Gasteiger partial charge is 0.0928 e. The van der Waals surface area contributed by atoms with Crippen LogP contribution in [0.4, 0.5) is 0 Å². The molecule has 3 rings (SSSR count). The minimum Gasteiger partial charge on any atom is -0.0928 e. The van der Waals surface area contributed by atoms with Gasteiger partial charge in [-0.2, -0.15) is 0 Å². The van der Waals surface area contributed by atoms with Crippen molar-refractivity contribution in [2.24, 2.45) is 0 Å². The predicted octanol–water partition coefficient (Wildman–Crippen LogP) is 10.9. The van der Waals surface area contributed by atoms with Crippen LogP contribution >= 0.6 is 63.7 Å². The van der Waals surface area contributed by atoms with E-state index in [0.717, 1.165) is 10.7 Å². The number of rotatable bonds is 14. The summed E-state index contributed by atoms with van der Waals surface area (Å²) in [5, 5.41) is 2.27. The van der Waals surface area contributed by atoms with Crippen LogP contribution in [0.3, 0.4) is 0 Å². The van der Waals surface area contributed by atoms with Crippen LogP contribution < -0.4 is 0 Å². The lowest BCUT2D eigenvalue weighted by molar-refractivity contribution is 0.399. The van der Waals surface area contributed by atoms with Gasteiger partial charge in [-0.05, 0) is 72.2 Å². The van der Waals surface area contributed by atoms with Gasteiger partial charge in [0, 0.05) is 25.0 Å². The fourth-order valence-electron chi connectivity index (χ4n) is 5.21. The van der Waals surface area contributed by atoms with E-state index in [1.54, 1.807) is 11.1 Å². The monoisotopic (exact) mass is 674 g/mol. The maximum absolute atomic E-state index is 3.78. The summed E-state index contributed by atoms with van der Waals surface area (Å²) in [6, 6.07) is 13.9. The first kappa shape index (κ1) is 26.0. The van der Waals surface area contributed by atoms with Gasteiger partial charge in [0.2, 0.25) is 0 Å². The van der Waals surface area contributed by atoms with Crippen LogP contribution in [0.5, 0.6) is 0 Å². The highest BCUT2D eigenvalue weighted by molar-refractivity contribution is 9.11. The van der Waals surface area contributed by atoms with Crippen LogP contribution in [-0.4, -0.2) is 10.7 Å². The lowest BCUT2D eigenvalue weighted by Crippen LogP contribution is -2.25. The molecule has 0 bridgehead atoms. The number of benzene rings is 2. The maximum atomic E-state index is 3.78. The molecule has 0 atom stereocenters. The highest BCUT2D eigenvalue weighted by atomic mass is 79.9. The van der Waals surface area contributed by atoms with E-state index in [1.807, 2.05) is 0 Å². The lowest BCUT2D eigenvalue weighted by atomic mass is 9.70. The van der Waals surface area contributed by atoms with Gasteiger partial charge in [-0.1, -0.05) is 127 Å². The number of unbranched alkanes of at least 4 members (excludes halogenated alkanes) is 8. The van der Waals surface area contributed by atoms with Crippen molar-refractivity contribution in [3.63, 3.8) is 0 Å². The van der Waals surface area contributed by atoms with Gasteiger partial charge in [0.1, 0.15) is 0 Å². The average Bonchev–Trinajstić information content (AvgIpc) is 3.02. The summed E-state index contributed by atoms with van der Waals surface area (Å²) in [6.07, 6.45) is 15.8. The van der Waals surface area contributed by atoms with Crippen LogP contribution in [0.15, 0.2) is 45.3 Å². The van der Waals surface area contributed by atoms with Crippen molar-refractivity contribution in [1.29, 1.82) is 0 Å². The van der Waals surface area contributed by atoms with Crippen molar-refractivity contribution >= 4 is 63.7 Å². The molecule has 0 aliphatic heterocycles. The van der Waals surface area contributed by atoms with Gasteiger partial charge in [-0.15, -0.1) is 0 Å². The SMILES string of the molecule is BrCCCCCCCC1(CCCCCCCBr)c2cc(Br)ccc2-c2ccc(Br)cc21. The van der Waals surface area contributed by atoms with Gasteiger partial charge < -0.3 is 0 Å². The maximum Gasteiger partial charge on any atom is 0.0216 e. The Morgan fingerprint density at radius 3 is 1.32 bits per heavy atom. The summed E-state index contributed by atoms with van der Waals surface area (Å²) in [5.74, 6) is 0. The first-order valence-corrected chi connectivity index (χ1v) is 15.7. The fourth-order valence-corrected chi connectivity index (χ4v) is 6.72. The molecule has 0 aromatic heterocycles. The van der Waals surface area contributed by atoms with Crippen molar-refractivity contribution in [1.82, 2.24) is 0 Å². The summed E-state index contributed by atoms with van der Waals surface area (Å²) < 4.78 is 2.41. The first-order chi connectivity index (χ1) is 15.1. The first-order valence-electron chi connectivity index (χ1n) is 11.8. The van der Waals surface area contributed by atoms with Crippen LogP contribution in [0.1, 0.15) is 88.2 Å². The summed E-state index contributed by atoms with van der Waals surface area (Å²) in [7, 11) is 0. The Morgan fingerprint density at radius 2 is 0.903 bits per heavy atom. The van der Waals surface area contributed by atoms with E-state index in [1.165, 1.54) is 97.1 Å². The third kappa shape index (κ3) is 6.70. The lowest BCUT2D eigenvalue weighted by Gasteiger charge is -2.33. The average molecular weight is 678 g/mol. The normalized spacial score (nSPS) is 13.9. The Hall–Kier alpha value is 0.360. The van der Waals surface area contributed by atoms with E-state index in [0.29, 0.717) is 0 Å². The molecule has 0 saturated heterocycles. The molecule has 2 aromatic rings. The van der Waals surface area contributed by atoms with Crippen molar-refractivity contribution in [2.45, 2.75) is 82.5 Å². The minimum atomic E-state index is 0.156. The van der Waals surface area contributed by atoms with E-state index in [4.69, 9.17) is 0 Å². The molecule has 31 heavy (non-hydrogen) atoms. The van der Waals surface area contributed by atoms with E-state index in [-0.39, 0.29) is 5.41 Å². The van der Waals surface area contributed by atoms with Gasteiger partial charge in [0.25, 0.3) is 0 Å². The van der Waals surface area contributed by atoms with Crippen molar-refractivity contribution in [3.8, 4) is 11.1 Å². The quantitative estimate of drug-likeness (QED) is 0.138. The zero-order valence-electron chi connectivity index (χ0n) is 18.4. The summed E-state index contributed by atoms with van der Waals surface area (Å²) >= 11 is 14.7. The molecule has 0 spiro atoms. The molecule has 0 radical (unpaired) electrons. The molecule has 4 heteroatoms. The van der Waals surface area contributed by atoms with E-state index >= 15 is 0 Å². The highest BCUT2D eigenvalue weighted by Crippen LogP contribution is 2.55. The van der Waals surface area contributed by atoms with Gasteiger partial charge in [-0.25, -0.2) is 0 Å². The van der Waals surface area contributed by atoms with Gasteiger partial charge in [-0.3, -0.25) is 0 Å². The summed E-state index contributed by atoms with van der Waals surface area (Å²) in [5.41, 5.74) is 6.16. The van der Waals surface area contributed by atoms with Gasteiger partial charge >= 0.3 is 0 Å². The second kappa shape index (κ2) is 13.3. The van der Waals surface area contributed by atoms with Gasteiger partial charge in [0.05, 0.1) is 0 Å². The molecule has 0 fully saturated rings. The highest BCUT2D eigenvalue weighted by Gasteiger charge is 2.42. The Labute approximate surface area is 222 Å². The molecule has 0 saturated carbocycles. The van der Waals surface area contributed by atoms with Crippen molar-refractivity contribution in [2.75, 3.05) is 10.7 Å². The Morgan fingerprint density at radius 1 is 0.516 bits per heavy atom. The van der Waals surface area contributed by atoms with Crippen LogP contribution in [0.2, 0.25) is 0 Å². The number of hydrogen-bond acceptors (Lipinski definition) is 0. The van der Waals surface area contributed by atoms with Crippen LogP contribution in [-0.2, 0) is 5.41 Å². The standard InChI is InChI=1S/C27H34Br4/c28-17-9-5-1-3-7-15-27(16-8-4-2-6-10-18-29)25-19-21(30)11-13-23(25)24-14-12-22(31)20-26(24)27/h11-14,19-20H,1-10,15-18H2. The number of hydrogen-bond donors (Lipinski definition) is 0. The molecule has 0 nitrogen and oxygen atoms in total. The third-order valence-corrected chi connectivity index (χ3v) is 8.87. The Balaban J connectivity index is 1.85. The molecule has 0 heterocycles. The molecule has 170 valence electrons. The van der Waals surface area contributed by atoms with Gasteiger partial charge in [0.15, 0.2) is 0 Å². The van der Waals surface area contributed by atoms with E-state index in [2.05, 4.69) is 100 Å². The zero-order chi connectivity index (χ0) is 22.1. The Kier molecular flexibility index (Phi) is 11.1. The predicted molar refractivity (Wildman–Crippen MR) is 151 cm³/mol. The molecule has 2 aromatic carbocycles.